The van der Waals surface area contributed by atoms with Crippen LogP contribution >= 0.6 is 0 Å². The molecule has 1 aromatic carbocycles. The molecule has 1 rings (SSSR count). The lowest BCUT2D eigenvalue weighted by Gasteiger charge is -2.08. The second-order valence-corrected chi connectivity index (χ2v) is 3.71. The van der Waals surface area contributed by atoms with Gasteiger partial charge in [-0.2, -0.15) is 0 Å². The van der Waals surface area contributed by atoms with E-state index >= 15 is 0 Å². The number of anilines is 1. The van der Waals surface area contributed by atoms with Crippen molar-refractivity contribution in [2.24, 2.45) is 0 Å². The van der Waals surface area contributed by atoms with Crippen molar-refractivity contribution in [3.63, 3.8) is 0 Å². The van der Waals surface area contributed by atoms with Gasteiger partial charge in [0.1, 0.15) is 12.4 Å². The second kappa shape index (κ2) is 7.55. The summed E-state index contributed by atoms with van der Waals surface area (Å²) < 4.78 is 15.3. The minimum Gasteiger partial charge on any atom is -0.495 e. The van der Waals surface area contributed by atoms with E-state index in [1.807, 2.05) is 6.92 Å². The number of carbonyl (C=O) groups is 1. The number of esters is 1. The average Bonchev–Trinajstić information content (AvgIpc) is 2.38. The molecule has 0 saturated carbocycles. The summed E-state index contributed by atoms with van der Waals surface area (Å²) in [4.78, 5) is 11.7. The number of nitrogen functional groups attached to an aromatic ring is 1. The van der Waals surface area contributed by atoms with Crippen LogP contribution in [-0.4, -0.2) is 32.9 Å². The predicted octanol–water partition coefficient (Wildman–Crippen LogP) is 1.86. The van der Waals surface area contributed by atoms with Gasteiger partial charge in [-0.05, 0) is 24.6 Å². The molecule has 0 amide bonds. The topological polar surface area (TPSA) is 70.8 Å². The van der Waals surface area contributed by atoms with Crippen LogP contribution in [0.2, 0.25) is 0 Å². The first-order chi connectivity index (χ1) is 8.69. The fourth-order valence-electron chi connectivity index (χ4n) is 1.38. The monoisotopic (exact) mass is 253 g/mol. The van der Waals surface area contributed by atoms with Crippen LogP contribution < -0.4 is 10.5 Å². The second-order valence-electron chi connectivity index (χ2n) is 3.71. The molecule has 100 valence electrons. The molecular weight excluding hydrogens is 234 g/mol. The largest absolute Gasteiger partial charge is 0.495 e. The van der Waals surface area contributed by atoms with Crippen LogP contribution in [-0.2, 0) is 9.47 Å². The summed E-state index contributed by atoms with van der Waals surface area (Å²) in [5.41, 5.74) is 6.52. The van der Waals surface area contributed by atoms with Crippen LogP contribution in [0.5, 0.6) is 5.75 Å². The SMILES string of the molecule is CCCOCCOC(=O)c1ccc(OC)c(N)c1. The van der Waals surface area contributed by atoms with Crippen molar-refractivity contribution < 1.29 is 19.0 Å². The molecule has 0 aromatic heterocycles. The van der Waals surface area contributed by atoms with Gasteiger partial charge < -0.3 is 19.9 Å². The van der Waals surface area contributed by atoms with Gasteiger partial charge in [-0.1, -0.05) is 6.92 Å². The van der Waals surface area contributed by atoms with Gasteiger partial charge in [0.25, 0.3) is 0 Å². The maximum Gasteiger partial charge on any atom is 0.338 e. The van der Waals surface area contributed by atoms with E-state index in [9.17, 15) is 4.79 Å². The van der Waals surface area contributed by atoms with Gasteiger partial charge in [0, 0.05) is 6.61 Å². The maximum absolute atomic E-state index is 11.7. The van der Waals surface area contributed by atoms with Crippen molar-refractivity contribution in [2.75, 3.05) is 32.7 Å². The molecule has 1 aromatic rings. The molecule has 0 bridgehead atoms. The third-order valence-corrected chi connectivity index (χ3v) is 2.27. The van der Waals surface area contributed by atoms with E-state index in [1.54, 1.807) is 12.1 Å². The molecule has 0 aliphatic rings. The molecule has 0 radical (unpaired) electrons. The number of nitrogens with two attached hydrogens (primary N) is 1. The Morgan fingerprint density at radius 3 is 2.67 bits per heavy atom. The summed E-state index contributed by atoms with van der Waals surface area (Å²) in [7, 11) is 1.52. The number of hydrogen-bond donors (Lipinski definition) is 1. The van der Waals surface area contributed by atoms with E-state index in [0.29, 0.717) is 30.2 Å². The van der Waals surface area contributed by atoms with Crippen molar-refractivity contribution in [2.45, 2.75) is 13.3 Å². The smallest absolute Gasteiger partial charge is 0.338 e. The highest BCUT2D eigenvalue weighted by Gasteiger charge is 2.09. The summed E-state index contributed by atoms with van der Waals surface area (Å²) in [6.07, 6.45) is 0.947. The summed E-state index contributed by atoms with van der Waals surface area (Å²) >= 11 is 0. The summed E-state index contributed by atoms with van der Waals surface area (Å²) in [5.74, 6) is 0.127. The molecule has 2 N–H and O–H groups in total. The zero-order chi connectivity index (χ0) is 13.4. The van der Waals surface area contributed by atoms with Crippen molar-refractivity contribution in [1.82, 2.24) is 0 Å². The van der Waals surface area contributed by atoms with Crippen molar-refractivity contribution >= 4 is 11.7 Å². The fourth-order valence-corrected chi connectivity index (χ4v) is 1.38. The third-order valence-electron chi connectivity index (χ3n) is 2.27. The van der Waals surface area contributed by atoms with Gasteiger partial charge in [-0.3, -0.25) is 0 Å². The number of hydrogen-bond acceptors (Lipinski definition) is 5. The van der Waals surface area contributed by atoms with Gasteiger partial charge in [-0.15, -0.1) is 0 Å². The normalized spacial score (nSPS) is 10.1. The van der Waals surface area contributed by atoms with Gasteiger partial charge in [0.05, 0.1) is 25.0 Å². The van der Waals surface area contributed by atoms with Crippen LogP contribution in [0.15, 0.2) is 18.2 Å². The zero-order valence-electron chi connectivity index (χ0n) is 10.8. The molecule has 0 aliphatic carbocycles. The lowest BCUT2D eigenvalue weighted by Crippen LogP contribution is -2.11. The number of rotatable bonds is 7. The molecule has 5 heteroatoms. The Morgan fingerprint density at radius 1 is 1.28 bits per heavy atom. The van der Waals surface area contributed by atoms with Gasteiger partial charge in [-0.25, -0.2) is 4.79 Å². The number of ether oxygens (including phenoxy) is 3. The Balaban J connectivity index is 2.44. The van der Waals surface area contributed by atoms with Crippen molar-refractivity contribution in [3.8, 4) is 5.75 Å². The molecule has 0 aliphatic heterocycles. The van der Waals surface area contributed by atoms with E-state index in [4.69, 9.17) is 19.9 Å². The Kier molecular flexibility index (Phi) is 6.00. The third kappa shape index (κ3) is 4.25. The first kappa shape index (κ1) is 14.3. The highest BCUT2D eigenvalue weighted by atomic mass is 16.6. The standard InChI is InChI=1S/C13H19NO4/c1-3-6-17-7-8-18-13(15)10-4-5-12(16-2)11(14)9-10/h4-5,9H,3,6-8,14H2,1-2H3. The maximum atomic E-state index is 11.7. The number of benzene rings is 1. The first-order valence-electron chi connectivity index (χ1n) is 5.87. The highest BCUT2D eigenvalue weighted by Crippen LogP contribution is 2.22. The van der Waals surface area contributed by atoms with Crippen LogP contribution in [0.25, 0.3) is 0 Å². The highest BCUT2D eigenvalue weighted by molar-refractivity contribution is 5.91. The zero-order valence-corrected chi connectivity index (χ0v) is 10.8. The number of methoxy groups -OCH3 is 1. The molecule has 0 fully saturated rings. The molecule has 0 saturated heterocycles. The van der Waals surface area contributed by atoms with E-state index in [-0.39, 0.29) is 6.61 Å². The van der Waals surface area contributed by atoms with E-state index in [0.717, 1.165) is 6.42 Å². The minimum atomic E-state index is -0.413. The van der Waals surface area contributed by atoms with Gasteiger partial charge >= 0.3 is 5.97 Å². The van der Waals surface area contributed by atoms with E-state index in [1.165, 1.54) is 13.2 Å². The Hall–Kier alpha value is -1.75. The molecule has 18 heavy (non-hydrogen) atoms. The molecule has 0 atom stereocenters. The van der Waals surface area contributed by atoms with Gasteiger partial charge in [0.2, 0.25) is 0 Å². The van der Waals surface area contributed by atoms with Crippen LogP contribution in [0, 0.1) is 0 Å². The van der Waals surface area contributed by atoms with E-state index < -0.39 is 5.97 Å². The average molecular weight is 253 g/mol. The molecule has 0 heterocycles. The Bertz CT molecular complexity index is 393. The molecule has 5 nitrogen and oxygen atoms in total. The van der Waals surface area contributed by atoms with Crippen LogP contribution in [0.3, 0.4) is 0 Å². The fraction of sp³-hybridized carbons (Fsp3) is 0.462. The summed E-state index contributed by atoms with van der Waals surface area (Å²) in [6.45, 7) is 3.34. The lowest BCUT2D eigenvalue weighted by molar-refractivity contribution is 0.0318. The number of carbonyl (C=O) groups excluding carboxylic acids is 1. The lowest BCUT2D eigenvalue weighted by atomic mass is 10.2. The Labute approximate surface area is 107 Å². The summed E-state index contributed by atoms with van der Waals surface area (Å²) in [6, 6.07) is 4.79. The Morgan fingerprint density at radius 2 is 2.06 bits per heavy atom. The van der Waals surface area contributed by atoms with Crippen LogP contribution in [0.4, 0.5) is 5.69 Å². The van der Waals surface area contributed by atoms with Crippen molar-refractivity contribution in [1.29, 1.82) is 0 Å². The first-order valence-corrected chi connectivity index (χ1v) is 5.87. The van der Waals surface area contributed by atoms with Crippen molar-refractivity contribution in [3.05, 3.63) is 23.8 Å². The molecular formula is C13H19NO4. The minimum absolute atomic E-state index is 0.241. The van der Waals surface area contributed by atoms with Gasteiger partial charge in [0.15, 0.2) is 0 Å². The van der Waals surface area contributed by atoms with Crippen LogP contribution in [0.1, 0.15) is 23.7 Å². The van der Waals surface area contributed by atoms with E-state index in [2.05, 4.69) is 0 Å². The predicted molar refractivity (Wildman–Crippen MR) is 68.8 cm³/mol. The molecule has 0 unspecified atom stereocenters. The molecule has 0 spiro atoms. The quantitative estimate of drug-likeness (QED) is 0.456. The summed E-state index contributed by atoms with van der Waals surface area (Å²) in [5, 5.41) is 0.